The van der Waals surface area contributed by atoms with Crippen LogP contribution in [0.3, 0.4) is 0 Å². The van der Waals surface area contributed by atoms with Gasteiger partial charge in [0.15, 0.2) is 11.5 Å². The highest BCUT2D eigenvalue weighted by molar-refractivity contribution is 5.88. The molecule has 7 nitrogen and oxygen atoms in total. The quantitative estimate of drug-likeness (QED) is 0.175. The molecule has 3 aromatic rings. The zero-order chi connectivity index (χ0) is 26.2. The molecule has 4 rings (SSSR count). The highest BCUT2D eigenvalue weighted by atomic mass is 16.5. The number of carbonyl (C=O) groups excluding carboxylic acids is 1. The second-order valence-corrected chi connectivity index (χ2v) is 8.40. The molecule has 0 bridgehead atoms. The molecule has 7 heteroatoms. The number of ether oxygens (including phenoxy) is 4. The van der Waals surface area contributed by atoms with E-state index in [2.05, 4.69) is 13.0 Å². The van der Waals surface area contributed by atoms with E-state index in [0.717, 1.165) is 24.0 Å². The van der Waals surface area contributed by atoms with Gasteiger partial charge < -0.3 is 24.7 Å². The van der Waals surface area contributed by atoms with Crippen LogP contribution in [0.1, 0.15) is 42.4 Å². The number of carbonyl (C=O) groups is 1. The van der Waals surface area contributed by atoms with Gasteiger partial charge in [-0.15, -0.1) is 0 Å². The summed E-state index contributed by atoms with van der Waals surface area (Å²) in [7, 11) is 1.58. The predicted molar refractivity (Wildman–Crippen MR) is 140 cm³/mol. The molecule has 0 saturated carbocycles. The largest absolute Gasteiger partial charge is 0.493 e. The van der Waals surface area contributed by atoms with E-state index in [1.54, 1.807) is 31.4 Å². The number of hydrogen-bond acceptors (Lipinski definition) is 7. The van der Waals surface area contributed by atoms with Gasteiger partial charge in [-0.2, -0.15) is 5.26 Å². The van der Waals surface area contributed by atoms with E-state index in [9.17, 15) is 10.1 Å². The van der Waals surface area contributed by atoms with Crippen molar-refractivity contribution < 1.29 is 23.7 Å². The van der Waals surface area contributed by atoms with E-state index in [1.807, 2.05) is 48.5 Å². The SMILES string of the molecule is CCCCOc1ccc(C2C(C#N)=C(N)Oc3cc(OC(=O)/C=C/c4ccccc4)ccc32)cc1OC. The van der Waals surface area contributed by atoms with E-state index in [0.29, 0.717) is 35.2 Å². The molecule has 1 aliphatic rings. The summed E-state index contributed by atoms with van der Waals surface area (Å²) in [5.41, 5.74) is 8.81. The average Bonchev–Trinajstić information content (AvgIpc) is 2.92. The van der Waals surface area contributed by atoms with Crippen LogP contribution < -0.4 is 24.7 Å². The summed E-state index contributed by atoms with van der Waals surface area (Å²) in [4.78, 5) is 12.3. The van der Waals surface area contributed by atoms with Crippen molar-refractivity contribution in [1.82, 2.24) is 0 Å². The van der Waals surface area contributed by atoms with E-state index in [-0.39, 0.29) is 11.5 Å². The lowest BCUT2D eigenvalue weighted by molar-refractivity contribution is -0.128. The summed E-state index contributed by atoms with van der Waals surface area (Å²) in [6, 6.07) is 22.2. The van der Waals surface area contributed by atoms with Gasteiger partial charge in [-0.05, 0) is 41.8 Å². The fourth-order valence-electron chi connectivity index (χ4n) is 4.03. The van der Waals surface area contributed by atoms with Crippen LogP contribution in [-0.4, -0.2) is 19.7 Å². The molecule has 0 amide bonds. The molecule has 1 unspecified atom stereocenters. The van der Waals surface area contributed by atoms with Gasteiger partial charge in [-0.3, -0.25) is 0 Å². The number of nitrogens with zero attached hydrogens (tertiary/aromatic N) is 1. The molecule has 3 aromatic carbocycles. The number of fused-ring (bicyclic) bond motifs is 1. The Kier molecular flexibility index (Phi) is 8.11. The fourth-order valence-corrected chi connectivity index (χ4v) is 4.03. The summed E-state index contributed by atoms with van der Waals surface area (Å²) >= 11 is 0. The maximum Gasteiger partial charge on any atom is 0.336 e. The lowest BCUT2D eigenvalue weighted by Gasteiger charge is -2.27. The van der Waals surface area contributed by atoms with Crippen LogP contribution in [0.4, 0.5) is 0 Å². The number of methoxy groups -OCH3 is 1. The third-order valence-corrected chi connectivity index (χ3v) is 5.90. The number of esters is 1. The van der Waals surface area contributed by atoms with Gasteiger partial charge in [-0.1, -0.05) is 55.8 Å². The van der Waals surface area contributed by atoms with Crippen molar-refractivity contribution in [3.8, 4) is 29.1 Å². The molecule has 0 radical (unpaired) electrons. The van der Waals surface area contributed by atoms with E-state index < -0.39 is 11.9 Å². The molecule has 0 saturated heterocycles. The lowest BCUT2D eigenvalue weighted by atomic mass is 9.83. The van der Waals surface area contributed by atoms with Gasteiger partial charge in [-0.25, -0.2) is 4.79 Å². The van der Waals surface area contributed by atoms with E-state index in [4.69, 9.17) is 24.7 Å². The van der Waals surface area contributed by atoms with Crippen molar-refractivity contribution in [3.63, 3.8) is 0 Å². The Morgan fingerprint density at radius 3 is 2.65 bits per heavy atom. The van der Waals surface area contributed by atoms with Crippen molar-refractivity contribution in [2.45, 2.75) is 25.7 Å². The number of nitrogens with two attached hydrogens (primary N) is 1. The van der Waals surface area contributed by atoms with Gasteiger partial charge in [0.25, 0.3) is 0 Å². The van der Waals surface area contributed by atoms with Gasteiger partial charge in [0.05, 0.1) is 19.6 Å². The van der Waals surface area contributed by atoms with Crippen LogP contribution in [0.25, 0.3) is 6.08 Å². The highest BCUT2D eigenvalue weighted by Crippen LogP contribution is 2.45. The molecule has 0 aromatic heterocycles. The van der Waals surface area contributed by atoms with E-state index in [1.165, 1.54) is 6.08 Å². The van der Waals surface area contributed by atoms with Crippen LogP contribution in [0.15, 0.2) is 84.3 Å². The number of nitriles is 1. The van der Waals surface area contributed by atoms with Gasteiger partial charge in [0, 0.05) is 17.7 Å². The molecule has 2 N–H and O–H groups in total. The van der Waals surface area contributed by atoms with Crippen molar-refractivity contribution in [2.24, 2.45) is 5.73 Å². The first-order valence-corrected chi connectivity index (χ1v) is 12.0. The maximum atomic E-state index is 12.3. The Hall–Kier alpha value is -4.70. The minimum absolute atomic E-state index is 0.00492. The summed E-state index contributed by atoms with van der Waals surface area (Å²) < 4.78 is 22.6. The Bertz CT molecular complexity index is 1370. The maximum absolute atomic E-state index is 12.3. The van der Waals surface area contributed by atoms with Crippen molar-refractivity contribution in [2.75, 3.05) is 13.7 Å². The highest BCUT2D eigenvalue weighted by Gasteiger charge is 2.31. The predicted octanol–water partition coefficient (Wildman–Crippen LogP) is 5.71. The van der Waals surface area contributed by atoms with Gasteiger partial charge in [0.2, 0.25) is 5.88 Å². The Morgan fingerprint density at radius 2 is 1.92 bits per heavy atom. The zero-order valence-corrected chi connectivity index (χ0v) is 20.8. The van der Waals surface area contributed by atoms with Gasteiger partial charge in [0.1, 0.15) is 23.1 Å². The minimum Gasteiger partial charge on any atom is -0.493 e. The normalized spacial score (nSPS) is 14.5. The number of unbranched alkanes of at least 4 members (excludes halogenated alkanes) is 1. The zero-order valence-electron chi connectivity index (χ0n) is 20.8. The number of benzene rings is 3. The Labute approximate surface area is 216 Å². The second-order valence-electron chi connectivity index (χ2n) is 8.40. The smallest absolute Gasteiger partial charge is 0.336 e. The van der Waals surface area contributed by atoms with Crippen LogP contribution in [0.5, 0.6) is 23.0 Å². The summed E-state index contributed by atoms with van der Waals surface area (Å²) in [6.07, 6.45) is 4.99. The second kappa shape index (κ2) is 11.8. The first kappa shape index (κ1) is 25.4. The molecule has 0 spiro atoms. The van der Waals surface area contributed by atoms with Crippen LogP contribution in [-0.2, 0) is 4.79 Å². The molecule has 1 atom stereocenters. The summed E-state index contributed by atoms with van der Waals surface area (Å²) in [6.45, 7) is 2.69. The molecule has 1 heterocycles. The Balaban J connectivity index is 1.61. The fraction of sp³-hybridized carbons (Fsp3) is 0.200. The number of hydrogen-bond donors (Lipinski definition) is 1. The van der Waals surface area contributed by atoms with Crippen molar-refractivity contribution >= 4 is 12.0 Å². The average molecular weight is 497 g/mol. The minimum atomic E-state index is -0.527. The van der Waals surface area contributed by atoms with E-state index >= 15 is 0 Å². The number of allylic oxidation sites excluding steroid dienone is 1. The summed E-state index contributed by atoms with van der Waals surface area (Å²) in [5.74, 6) is 0.874. The monoisotopic (exact) mass is 496 g/mol. The topological polar surface area (TPSA) is 104 Å². The molecule has 0 fully saturated rings. The Morgan fingerprint density at radius 1 is 1.11 bits per heavy atom. The van der Waals surface area contributed by atoms with Crippen LogP contribution in [0, 0.1) is 11.3 Å². The molecular weight excluding hydrogens is 468 g/mol. The molecule has 1 aliphatic heterocycles. The molecule has 37 heavy (non-hydrogen) atoms. The molecule has 0 aliphatic carbocycles. The van der Waals surface area contributed by atoms with Crippen molar-refractivity contribution in [3.05, 3.63) is 101 Å². The first-order valence-electron chi connectivity index (χ1n) is 12.0. The number of rotatable bonds is 9. The van der Waals surface area contributed by atoms with Gasteiger partial charge >= 0.3 is 5.97 Å². The molecule has 188 valence electrons. The molecular formula is C30H28N2O5. The van der Waals surface area contributed by atoms with Crippen molar-refractivity contribution in [1.29, 1.82) is 5.26 Å². The van der Waals surface area contributed by atoms with Crippen LogP contribution >= 0.6 is 0 Å². The van der Waals surface area contributed by atoms with Crippen LogP contribution in [0.2, 0.25) is 0 Å². The third-order valence-electron chi connectivity index (χ3n) is 5.90. The standard InChI is InChI=1S/C30H28N2O5/c1-3-4-16-35-25-14-11-21(17-27(25)34-2)29-23-13-12-22(18-26(23)37-30(32)24(29)19-31)36-28(33)15-10-20-8-6-5-7-9-20/h5-15,17-18,29H,3-4,16,32H2,1-2H3/b15-10+. The summed E-state index contributed by atoms with van der Waals surface area (Å²) in [5, 5.41) is 9.87. The third kappa shape index (κ3) is 5.93. The first-order chi connectivity index (χ1) is 18.0. The lowest BCUT2D eigenvalue weighted by Crippen LogP contribution is -2.21.